The fraction of sp³-hybridized carbons (Fsp3) is 0.273. The molecule has 0 aliphatic carbocycles. The Morgan fingerprint density at radius 2 is 1.69 bits per heavy atom. The lowest BCUT2D eigenvalue weighted by Gasteiger charge is -2.06. The Hall–Kier alpha value is -1.44. The molecule has 0 saturated carbocycles. The van der Waals surface area contributed by atoms with Gasteiger partial charge in [-0.2, -0.15) is 0 Å². The summed E-state index contributed by atoms with van der Waals surface area (Å²) in [4.78, 5) is 22.4. The van der Waals surface area contributed by atoms with E-state index in [1.807, 2.05) is 13.0 Å². The van der Waals surface area contributed by atoms with Gasteiger partial charge in [0.05, 0.1) is 0 Å². The van der Waals surface area contributed by atoms with E-state index in [0.717, 1.165) is 5.56 Å². The molecule has 13 heavy (non-hydrogen) atoms. The zero-order chi connectivity index (χ0) is 10.0. The second-order valence-corrected chi connectivity index (χ2v) is 3.11. The number of ketones is 2. The number of Topliss-reactive ketones (excluding diaryl/α,β-unsaturated/α-hetero) is 2. The first-order valence-electron chi connectivity index (χ1n) is 4.15. The summed E-state index contributed by atoms with van der Waals surface area (Å²) in [5, 5.41) is 0. The van der Waals surface area contributed by atoms with E-state index in [1.54, 1.807) is 12.1 Å². The molecule has 1 aromatic rings. The molecule has 0 aliphatic heterocycles. The number of hydrogen-bond donors (Lipinski definition) is 0. The van der Waals surface area contributed by atoms with E-state index in [-0.39, 0.29) is 11.6 Å². The molecule has 1 rings (SSSR count). The Balaban J connectivity index is 3.43. The van der Waals surface area contributed by atoms with Gasteiger partial charge in [-0.3, -0.25) is 9.59 Å². The molecule has 1 aromatic carbocycles. The van der Waals surface area contributed by atoms with E-state index >= 15 is 0 Å². The summed E-state index contributed by atoms with van der Waals surface area (Å²) < 4.78 is 0. The van der Waals surface area contributed by atoms with Gasteiger partial charge in [-0.05, 0) is 26.3 Å². The first kappa shape index (κ1) is 9.65. The summed E-state index contributed by atoms with van der Waals surface area (Å²) in [6, 6.07) is 5.31. The summed E-state index contributed by atoms with van der Waals surface area (Å²) >= 11 is 0. The molecule has 2 heteroatoms. The first-order valence-corrected chi connectivity index (χ1v) is 4.15. The highest BCUT2D eigenvalue weighted by atomic mass is 16.1. The number of benzene rings is 1. The maximum Gasteiger partial charge on any atom is 0.160 e. The second kappa shape index (κ2) is 3.52. The van der Waals surface area contributed by atoms with Gasteiger partial charge in [0.15, 0.2) is 11.6 Å². The van der Waals surface area contributed by atoms with Gasteiger partial charge in [0.25, 0.3) is 0 Å². The van der Waals surface area contributed by atoms with Crippen LogP contribution in [0.5, 0.6) is 0 Å². The van der Waals surface area contributed by atoms with Gasteiger partial charge in [-0.15, -0.1) is 0 Å². The highest BCUT2D eigenvalue weighted by molar-refractivity contribution is 6.08. The normalized spacial score (nSPS) is 9.77. The SMILES string of the molecule is CC(=O)c1cccc(C)c1C(C)=O. The molecule has 0 aliphatic rings. The van der Waals surface area contributed by atoms with Gasteiger partial charge in [0.2, 0.25) is 0 Å². The Labute approximate surface area is 77.6 Å². The van der Waals surface area contributed by atoms with Gasteiger partial charge in [0.1, 0.15) is 0 Å². The van der Waals surface area contributed by atoms with Crippen LogP contribution in [0.3, 0.4) is 0 Å². The molecule has 0 N–H and O–H groups in total. The van der Waals surface area contributed by atoms with Crippen molar-refractivity contribution < 1.29 is 9.59 Å². The van der Waals surface area contributed by atoms with Crippen molar-refractivity contribution in [1.29, 1.82) is 0 Å². The Morgan fingerprint density at radius 3 is 2.08 bits per heavy atom. The number of carbonyl (C=O) groups excluding carboxylic acids is 2. The highest BCUT2D eigenvalue weighted by Gasteiger charge is 2.12. The predicted molar refractivity (Wildman–Crippen MR) is 51.2 cm³/mol. The van der Waals surface area contributed by atoms with Crippen LogP contribution in [-0.2, 0) is 0 Å². The second-order valence-electron chi connectivity index (χ2n) is 3.11. The smallest absolute Gasteiger partial charge is 0.160 e. The quantitative estimate of drug-likeness (QED) is 0.648. The third kappa shape index (κ3) is 1.83. The summed E-state index contributed by atoms with van der Waals surface area (Å²) in [5.41, 5.74) is 1.93. The van der Waals surface area contributed by atoms with Crippen LogP contribution in [0.1, 0.15) is 40.1 Å². The molecular weight excluding hydrogens is 164 g/mol. The molecule has 0 saturated heterocycles. The molecule has 0 fully saturated rings. The summed E-state index contributed by atoms with van der Waals surface area (Å²) in [5.74, 6) is -0.114. The van der Waals surface area contributed by atoms with Gasteiger partial charge in [-0.25, -0.2) is 0 Å². The largest absolute Gasteiger partial charge is 0.294 e. The van der Waals surface area contributed by atoms with Crippen LogP contribution in [0.15, 0.2) is 18.2 Å². The van der Waals surface area contributed by atoms with Gasteiger partial charge in [-0.1, -0.05) is 18.2 Å². The summed E-state index contributed by atoms with van der Waals surface area (Å²) in [6.07, 6.45) is 0. The van der Waals surface area contributed by atoms with Crippen molar-refractivity contribution in [3.8, 4) is 0 Å². The fourth-order valence-electron chi connectivity index (χ4n) is 1.43. The molecule has 68 valence electrons. The molecule has 0 unspecified atom stereocenters. The number of rotatable bonds is 2. The molecule has 0 heterocycles. The van der Waals surface area contributed by atoms with E-state index in [4.69, 9.17) is 0 Å². The van der Waals surface area contributed by atoms with E-state index in [0.29, 0.717) is 11.1 Å². The Kier molecular flexibility index (Phi) is 2.61. The van der Waals surface area contributed by atoms with Crippen LogP contribution >= 0.6 is 0 Å². The van der Waals surface area contributed by atoms with E-state index in [1.165, 1.54) is 13.8 Å². The minimum Gasteiger partial charge on any atom is -0.294 e. The first-order chi connectivity index (χ1) is 6.04. The maximum atomic E-state index is 11.2. The molecule has 0 atom stereocenters. The van der Waals surface area contributed by atoms with Crippen LogP contribution in [0.25, 0.3) is 0 Å². The average molecular weight is 176 g/mol. The van der Waals surface area contributed by atoms with Crippen molar-refractivity contribution in [2.75, 3.05) is 0 Å². The minimum atomic E-state index is -0.0612. The molecule has 0 amide bonds. The van der Waals surface area contributed by atoms with Crippen LogP contribution in [0.2, 0.25) is 0 Å². The van der Waals surface area contributed by atoms with E-state index in [2.05, 4.69) is 0 Å². The van der Waals surface area contributed by atoms with Crippen LogP contribution in [-0.4, -0.2) is 11.6 Å². The average Bonchev–Trinajstić information content (AvgIpc) is 2.02. The molecule has 2 nitrogen and oxygen atoms in total. The summed E-state index contributed by atoms with van der Waals surface area (Å²) in [6.45, 7) is 4.79. The number of aryl methyl sites for hydroxylation is 1. The van der Waals surface area contributed by atoms with Gasteiger partial charge < -0.3 is 0 Å². The Bertz CT molecular complexity index is 364. The van der Waals surface area contributed by atoms with E-state index in [9.17, 15) is 9.59 Å². The third-order valence-corrected chi connectivity index (χ3v) is 2.00. The van der Waals surface area contributed by atoms with Crippen molar-refractivity contribution in [3.63, 3.8) is 0 Å². The lowest BCUT2D eigenvalue weighted by molar-refractivity contribution is 0.0980. The van der Waals surface area contributed by atoms with Crippen molar-refractivity contribution in [3.05, 3.63) is 34.9 Å². The lowest BCUT2D eigenvalue weighted by atomic mass is 9.97. The molecule has 0 radical (unpaired) electrons. The zero-order valence-electron chi connectivity index (χ0n) is 8.05. The molecule has 0 aromatic heterocycles. The Morgan fingerprint density at radius 1 is 1.08 bits per heavy atom. The number of carbonyl (C=O) groups is 2. The van der Waals surface area contributed by atoms with E-state index < -0.39 is 0 Å². The fourth-order valence-corrected chi connectivity index (χ4v) is 1.43. The van der Waals surface area contributed by atoms with Crippen molar-refractivity contribution >= 4 is 11.6 Å². The standard InChI is InChI=1S/C11H12O2/c1-7-5-4-6-10(8(2)12)11(7)9(3)13/h4-6H,1-3H3. The molecular formula is C11H12O2. The molecule has 0 bridgehead atoms. The monoisotopic (exact) mass is 176 g/mol. The number of hydrogen-bond acceptors (Lipinski definition) is 2. The third-order valence-electron chi connectivity index (χ3n) is 2.00. The van der Waals surface area contributed by atoms with Crippen LogP contribution in [0, 0.1) is 6.92 Å². The topological polar surface area (TPSA) is 34.1 Å². The van der Waals surface area contributed by atoms with Gasteiger partial charge in [0, 0.05) is 11.1 Å². The van der Waals surface area contributed by atoms with Crippen molar-refractivity contribution in [2.24, 2.45) is 0 Å². The highest BCUT2D eigenvalue weighted by Crippen LogP contribution is 2.15. The van der Waals surface area contributed by atoms with Crippen LogP contribution < -0.4 is 0 Å². The zero-order valence-corrected chi connectivity index (χ0v) is 8.05. The minimum absolute atomic E-state index is 0.0525. The maximum absolute atomic E-state index is 11.2. The summed E-state index contributed by atoms with van der Waals surface area (Å²) in [7, 11) is 0. The molecule has 0 spiro atoms. The van der Waals surface area contributed by atoms with Crippen LogP contribution in [0.4, 0.5) is 0 Å². The van der Waals surface area contributed by atoms with Crippen molar-refractivity contribution in [2.45, 2.75) is 20.8 Å². The van der Waals surface area contributed by atoms with Gasteiger partial charge >= 0.3 is 0 Å². The predicted octanol–water partition coefficient (Wildman–Crippen LogP) is 2.40. The lowest BCUT2D eigenvalue weighted by Crippen LogP contribution is -2.05. The van der Waals surface area contributed by atoms with Crippen molar-refractivity contribution in [1.82, 2.24) is 0 Å².